The van der Waals surface area contributed by atoms with Crippen molar-refractivity contribution in [1.82, 2.24) is 25.4 Å². The molecule has 1 aromatic rings. The van der Waals surface area contributed by atoms with Gasteiger partial charge in [0.05, 0.1) is 18.7 Å². The van der Waals surface area contributed by atoms with E-state index < -0.39 is 5.60 Å². The molecule has 0 fully saturated rings. The third kappa shape index (κ3) is 6.34. The summed E-state index contributed by atoms with van der Waals surface area (Å²) < 4.78 is 7.06. The summed E-state index contributed by atoms with van der Waals surface area (Å²) in [5.74, 6) is 2.49. The van der Waals surface area contributed by atoms with E-state index in [2.05, 4.69) is 25.7 Å². The van der Waals surface area contributed by atoms with Gasteiger partial charge in [-0.05, 0) is 26.2 Å². The average Bonchev–Trinajstić information content (AvgIpc) is 3.01. The van der Waals surface area contributed by atoms with E-state index >= 15 is 0 Å². The Hall–Kier alpha value is -0.940. The van der Waals surface area contributed by atoms with Gasteiger partial charge in [0, 0.05) is 26.1 Å². The van der Waals surface area contributed by atoms with Crippen molar-refractivity contribution in [1.29, 1.82) is 0 Å². The standard InChI is InChI=1S/C17H32N6O2.HI/c1-5-17(24,6-2)12-19-16(18-7-3)20-13-8-9-15-21-14(11-25-4)22-23(15)10-13;/h13,24H,5-12H2,1-4H3,(H2,18,19,20);1H. The monoisotopic (exact) mass is 480 g/mol. The first-order chi connectivity index (χ1) is 12.0. The van der Waals surface area contributed by atoms with Crippen molar-refractivity contribution in [2.24, 2.45) is 4.99 Å². The Morgan fingerprint density at radius 1 is 1.38 bits per heavy atom. The number of aliphatic hydroxyl groups is 1. The van der Waals surface area contributed by atoms with Crippen molar-refractivity contribution >= 4 is 29.9 Å². The number of guanidine groups is 1. The van der Waals surface area contributed by atoms with E-state index in [1.165, 1.54) is 0 Å². The first-order valence-electron chi connectivity index (χ1n) is 9.22. The molecule has 1 aliphatic heterocycles. The number of hydrogen-bond donors (Lipinski definition) is 3. The summed E-state index contributed by atoms with van der Waals surface area (Å²) in [6, 6.07) is 0.235. The smallest absolute Gasteiger partial charge is 0.191 e. The molecule has 0 bridgehead atoms. The van der Waals surface area contributed by atoms with Crippen LogP contribution in [0.1, 0.15) is 51.7 Å². The largest absolute Gasteiger partial charge is 0.388 e. The quantitative estimate of drug-likeness (QED) is 0.296. The van der Waals surface area contributed by atoms with E-state index in [1.54, 1.807) is 7.11 Å². The van der Waals surface area contributed by atoms with Crippen molar-refractivity contribution in [3.8, 4) is 0 Å². The van der Waals surface area contributed by atoms with Gasteiger partial charge in [0.1, 0.15) is 12.4 Å². The molecule has 0 amide bonds. The molecule has 1 aliphatic rings. The van der Waals surface area contributed by atoms with E-state index in [0.717, 1.165) is 43.5 Å². The first kappa shape index (κ1) is 23.1. The van der Waals surface area contributed by atoms with Crippen molar-refractivity contribution in [2.45, 2.75) is 71.2 Å². The minimum atomic E-state index is -0.733. The van der Waals surface area contributed by atoms with Crippen LogP contribution in [0.3, 0.4) is 0 Å². The fraction of sp³-hybridized carbons (Fsp3) is 0.824. The normalized spacial score (nSPS) is 17.4. The van der Waals surface area contributed by atoms with E-state index in [4.69, 9.17) is 4.74 Å². The number of ether oxygens (including phenoxy) is 1. The van der Waals surface area contributed by atoms with Crippen molar-refractivity contribution < 1.29 is 9.84 Å². The number of aryl methyl sites for hydroxylation is 1. The van der Waals surface area contributed by atoms with Gasteiger partial charge in [-0.1, -0.05) is 13.8 Å². The van der Waals surface area contributed by atoms with Crippen LogP contribution in [0.4, 0.5) is 0 Å². The van der Waals surface area contributed by atoms with Gasteiger partial charge in [0.25, 0.3) is 0 Å². The predicted octanol–water partition coefficient (Wildman–Crippen LogP) is 1.46. The molecule has 8 nitrogen and oxygen atoms in total. The minimum Gasteiger partial charge on any atom is -0.388 e. The highest BCUT2D eigenvalue weighted by Crippen LogP contribution is 2.15. The van der Waals surface area contributed by atoms with Gasteiger partial charge >= 0.3 is 0 Å². The van der Waals surface area contributed by atoms with E-state index in [0.29, 0.717) is 26.0 Å². The maximum atomic E-state index is 10.4. The summed E-state index contributed by atoms with van der Waals surface area (Å²) in [5, 5.41) is 21.7. The van der Waals surface area contributed by atoms with Crippen LogP contribution in [-0.4, -0.2) is 57.7 Å². The molecule has 26 heavy (non-hydrogen) atoms. The van der Waals surface area contributed by atoms with Gasteiger partial charge in [0.2, 0.25) is 0 Å². The highest BCUT2D eigenvalue weighted by atomic mass is 127. The number of rotatable bonds is 8. The highest BCUT2D eigenvalue weighted by molar-refractivity contribution is 14.0. The number of fused-ring (bicyclic) bond motifs is 1. The van der Waals surface area contributed by atoms with E-state index in [1.807, 2.05) is 25.5 Å². The second-order valence-electron chi connectivity index (χ2n) is 6.57. The Labute approximate surface area is 173 Å². The fourth-order valence-electron chi connectivity index (χ4n) is 2.88. The molecule has 0 saturated heterocycles. The van der Waals surface area contributed by atoms with Crippen molar-refractivity contribution in [3.05, 3.63) is 11.6 Å². The molecule has 9 heteroatoms. The number of hydrogen-bond acceptors (Lipinski definition) is 5. The molecule has 1 atom stereocenters. The third-order valence-electron chi connectivity index (χ3n) is 4.71. The topological polar surface area (TPSA) is 96.6 Å². The number of aliphatic imine (C=N–C) groups is 1. The summed E-state index contributed by atoms with van der Waals surface area (Å²) in [7, 11) is 1.65. The summed E-state index contributed by atoms with van der Waals surface area (Å²) in [6.07, 6.45) is 3.24. The highest BCUT2D eigenvalue weighted by Gasteiger charge is 2.24. The maximum Gasteiger partial charge on any atom is 0.191 e. The van der Waals surface area contributed by atoms with Crippen molar-refractivity contribution in [3.63, 3.8) is 0 Å². The average molecular weight is 480 g/mol. The lowest BCUT2D eigenvalue weighted by Crippen LogP contribution is -2.47. The van der Waals surface area contributed by atoms with Gasteiger partial charge in [-0.25, -0.2) is 9.67 Å². The molecule has 1 aromatic heterocycles. The zero-order chi connectivity index (χ0) is 18.3. The summed E-state index contributed by atoms with van der Waals surface area (Å²) in [5.41, 5.74) is -0.733. The molecule has 0 aliphatic carbocycles. The number of aromatic nitrogens is 3. The Morgan fingerprint density at radius 2 is 2.12 bits per heavy atom. The van der Waals surface area contributed by atoms with Gasteiger partial charge in [0.15, 0.2) is 11.8 Å². The molecule has 2 rings (SSSR count). The second-order valence-corrected chi connectivity index (χ2v) is 6.57. The van der Waals surface area contributed by atoms with Gasteiger partial charge in [-0.15, -0.1) is 24.0 Å². The molecule has 0 spiro atoms. The lowest BCUT2D eigenvalue weighted by atomic mass is 9.98. The van der Waals surface area contributed by atoms with Gasteiger partial charge < -0.3 is 20.5 Å². The fourth-order valence-corrected chi connectivity index (χ4v) is 2.88. The summed E-state index contributed by atoms with van der Waals surface area (Å²) >= 11 is 0. The predicted molar refractivity (Wildman–Crippen MR) is 113 cm³/mol. The third-order valence-corrected chi connectivity index (χ3v) is 4.71. The number of nitrogens with one attached hydrogen (secondary N) is 2. The molecule has 0 saturated carbocycles. The molecule has 2 heterocycles. The van der Waals surface area contributed by atoms with Gasteiger partial charge in [-0.2, -0.15) is 5.10 Å². The molecule has 0 aromatic carbocycles. The Balaban J connectivity index is 0.00000338. The number of methoxy groups -OCH3 is 1. The van der Waals surface area contributed by atoms with E-state index in [9.17, 15) is 5.11 Å². The SMILES string of the molecule is CCNC(=NCC(O)(CC)CC)NC1CCc2nc(COC)nn2C1.I. The zero-order valence-corrected chi connectivity index (χ0v) is 18.6. The summed E-state index contributed by atoms with van der Waals surface area (Å²) in [6.45, 7) is 8.39. The number of nitrogens with zero attached hydrogens (tertiary/aromatic N) is 4. The van der Waals surface area contributed by atoms with Crippen LogP contribution in [0, 0.1) is 0 Å². The van der Waals surface area contributed by atoms with Gasteiger partial charge in [-0.3, -0.25) is 4.99 Å². The molecule has 150 valence electrons. The minimum absolute atomic E-state index is 0. The van der Waals surface area contributed by atoms with Crippen LogP contribution in [-0.2, 0) is 24.3 Å². The second kappa shape index (κ2) is 11.0. The lowest BCUT2D eigenvalue weighted by Gasteiger charge is -2.27. The van der Waals surface area contributed by atoms with E-state index in [-0.39, 0.29) is 30.0 Å². The lowest BCUT2D eigenvalue weighted by molar-refractivity contribution is 0.0417. The zero-order valence-electron chi connectivity index (χ0n) is 16.3. The van der Waals surface area contributed by atoms with Crippen molar-refractivity contribution in [2.75, 3.05) is 20.2 Å². The molecular weight excluding hydrogens is 447 g/mol. The van der Waals surface area contributed by atoms with Crippen LogP contribution >= 0.6 is 24.0 Å². The molecular formula is C17H33IN6O2. The molecule has 3 N–H and O–H groups in total. The maximum absolute atomic E-state index is 10.4. The first-order valence-corrected chi connectivity index (χ1v) is 9.22. The van der Waals surface area contributed by atoms with Crippen LogP contribution in [0.2, 0.25) is 0 Å². The number of halogens is 1. The Morgan fingerprint density at radius 3 is 2.73 bits per heavy atom. The molecule has 1 unspecified atom stereocenters. The summed E-state index contributed by atoms with van der Waals surface area (Å²) in [4.78, 5) is 9.09. The van der Waals surface area contributed by atoms with Crippen LogP contribution in [0.15, 0.2) is 4.99 Å². The van der Waals surface area contributed by atoms with Crippen LogP contribution in [0.25, 0.3) is 0 Å². The Kier molecular flexibility index (Phi) is 9.80. The van der Waals surface area contributed by atoms with Crippen LogP contribution < -0.4 is 10.6 Å². The molecule has 0 radical (unpaired) electrons. The van der Waals surface area contributed by atoms with Crippen LogP contribution in [0.5, 0.6) is 0 Å². The Bertz CT molecular complexity index is 574.